The maximum atomic E-state index is 11.2. The average Bonchev–Trinajstić information content (AvgIpc) is 3.09. The third-order valence-electron chi connectivity index (χ3n) is 3.47. The van der Waals surface area contributed by atoms with E-state index in [1.807, 2.05) is 0 Å². The van der Waals surface area contributed by atoms with Crippen LogP contribution in [0.25, 0.3) is 0 Å². The summed E-state index contributed by atoms with van der Waals surface area (Å²) >= 11 is 0. The largest absolute Gasteiger partial charge is 0.468 e. The minimum Gasteiger partial charge on any atom is -0.468 e. The smallest absolute Gasteiger partial charge is 0.319 e. The predicted molar refractivity (Wildman–Crippen MR) is 61.5 cm³/mol. The van der Waals surface area contributed by atoms with Crippen LogP contribution in [-0.4, -0.2) is 40.8 Å². The third-order valence-corrected chi connectivity index (χ3v) is 3.47. The molecular weight excluding hydrogens is 218 g/mol. The molecule has 92 valence electrons. The zero-order chi connectivity index (χ0) is 11.8. The number of carbonyl (C=O) groups excluding carboxylic acids is 1. The minimum atomic E-state index is -0.166. The van der Waals surface area contributed by atoms with Crippen LogP contribution in [0.4, 0.5) is 0 Å². The van der Waals surface area contributed by atoms with E-state index in [-0.39, 0.29) is 5.97 Å². The van der Waals surface area contributed by atoms with Gasteiger partial charge in [-0.3, -0.25) is 14.4 Å². The van der Waals surface area contributed by atoms with Crippen LogP contribution in [0, 0.1) is 0 Å². The van der Waals surface area contributed by atoms with Crippen LogP contribution in [0.2, 0.25) is 0 Å². The van der Waals surface area contributed by atoms with Gasteiger partial charge in [0, 0.05) is 19.0 Å². The number of carbonyl (C=O) groups is 1. The van der Waals surface area contributed by atoms with Gasteiger partial charge in [0.25, 0.3) is 0 Å². The van der Waals surface area contributed by atoms with Crippen LogP contribution in [0.1, 0.15) is 30.1 Å². The lowest BCUT2D eigenvalue weighted by Crippen LogP contribution is -2.37. The molecule has 1 aromatic heterocycles. The second kappa shape index (κ2) is 4.14. The van der Waals surface area contributed by atoms with Gasteiger partial charge in [-0.25, -0.2) is 0 Å². The maximum absolute atomic E-state index is 11.2. The molecule has 1 saturated carbocycles. The van der Waals surface area contributed by atoms with Gasteiger partial charge in [0.15, 0.2) is 0 Å². The second-order valence-corrected chi connectivity index (χ2v) is 4.84. The zero-order valence-corrected chi connectivity index (χ0v) is 10.1. The van der Waals surface area contributed by atoms with Gasteiger partial charge < -0.3 is 4.74 Å². The summed E-state index contributed by atoms with van der Waals surface area (Å²) in [5.41, 5.74) is 2.46. The first-order chi connectivity index (χ1) is 8.26. The normalized spacial score (nSPS) is 20.1. The van der Waals surface area contributed by atoms with Gasteiger partial charge >= 0.3 is 5.97 Å². The first kappa shape index (κ1) is 10.8. The number of aromatic nitrogens is 2. The van der Waals surface area contributed by atoms with E-state index in [4.69, 9.17) is 4.74 Å². The van der Waals surface area contributed by atoms with Crippen molar-refractivity contribution in [3.05, 3.63) is 17.5 Å². The van der Waals surface area contributed by atoms with Gasteiger partial charge in [-0.05, 0) is 18.9 Å². The minimum absolute atomic E-state index is 0.166. The highest BCUT2D eigenvalue weighted by molar-refractivity contribution is 5.71. The molecule has 5 nitrogen and oxygen atoms in total. The van der Waals surface area contributed by atoms with Crippen LogP contribution in [0.3, 0.4) is 0 Å². The van der Waals surface area contributed by atoms with Gasteiger partial charge in [0.1, 0.15) is 0 Å². The molecule has 0 atom stereocenters. The van der Waals surface area contributed by atoms with Crippen molar-refractivity contribution >= 4 is 5.97 Å². The van der Waals surface area contributed by atoms with Crippen molar-refractivity contribution in [2.75, 3.05) is 20.2 Å². The van der Waals surface area contributed by atoms with Crippen molar-refractivity contribution in [1.29, 1.82) is 0 Å². The van der Waals surface area contributed by atoms with Crippen molar-refractivity contribution < 1.29 is 9.53 Å². The summed E-state index contributed by atoms with van der Waals surface area (Å²) in [5, 5.41) is 4.62. The number of fused-ring (bicyclic) bond motifs is 1. The van der Waals surface area contributed by atoms with E-state index < -0.39 is 0 Å². The van der Waals surface area contributed by atoms with Crippen LogP contribution >= 0.6 is 0 Å². The lowest BCUT2D eigenvalue weighted by molar-refractivity contribution is -0.142. The molecule has 5 heteroatoms. The van der Waals surface area contributed by atoms with Gasteiger partial charge in [0.05, 0.1) is 31.6 Å². The molecular formula is C12H17N3O2. The Labute approximate surface area is 100 Å². The molecule has 1 aromatic rings. The number of hydrogen-bond acceptors (Lipinski definition) is 4. The fourth-order valence-corrected chi connectivity index (χ4v) is 2.30. The fourth-order valence-electron chi connectivity index (χ4n) is 2.30. The molecule has 17 heavy (non-hydrogen) atoms. The molecule has 0 radical (unpaired) electrons. The van der Waals surface area contributed by atoms with Gasteiger partial charge in [-0.2, -0.15) is 5.10 Å². The maximum Gasteiger partial charge on any atom is 0.319 e. The van der Waals surface area contributed by atoms with Crippen molar-refractivity contribution in [1.82, 2.24) is 14.7 Å². The third kappa shape index (κ3) is 2.20. The highest BCUT2D eigenvalue weighted by Gasteiger charge is 2.29. The Bertz CT molecular complexity index is 437. The molecule has 0 N–H and O–H groups in total. The Hall–Kier alpha value is -1.36. The Kier molecular flexibility index (Phi) is 2.63. The Morgan fingerprint density at radius 3 is 3.06 bits per heavy atom. The summed E-state index contributed by atoms with van der Waals surface area (Å²) in [6.45, 7) is 2.92. The van der Waals surface area contributed by atoms with Crippen LogP contribution in [-0.2, 0) is 22.6 Å². The average molecular weight is 235 g/mol. The highest BCUT2D eigenvalue weighted by Crippen LogP contribution is 2.39. The van der Waals surface area contributed by atoms with Crippen LogP contribution in [0.5, 0.6) is 0 Å². The fraction of sp³-hybridized carbons (Fsp3) is 0.667. The molecule has 1 fully saturated rings. The summed E-state index contributed by atoms with van der Waals surface area (Å²) in [6.07, 6.45) is 2.56. The van der Waals surface area contributed by atoms with Crippen molar-refractivity contribution in [3.8, 4) is 0 Å². The first-order valence-electron chi connectivity index (χ1n) is 6.12. The molecule has 1 aliphatic heterocycles. The molecule has 0 unspecified atom stereocenters. The molecule has 0 spiro atoms. The molecule has 3 rings (SSSR count). The Morgan fingerprint density at radius 2 is 2.35 bits per heavy atom. The Balaban J connectivity index is 1.69. The van der Waals surface area contributed by atoms with E-state index in [1.54, 1.807) is 0 Å². The standard InChI is InChI=1S/C12H17N3O2/c1-17-12(16)8-14-4-5-15-10(7-14)6-11(13-15)9-2-3-9/h6,9H,2-5,7-8H2,1H3. The van der Waals surface area contributed by atoms with E-state index >= 15 is 0 Å². The monoisotopic (exact) mass is 235 g/mol. The number of nitrogens with zero attached hydrogens (tertiary/aromatic N) is 3. The van der Waals surface area contributed by atoms with E-state index in [0.29, 0.717) is 12.5 Å². The number of rotatable bonds is 3. The van der Waals surface area contributed by atoms with Crippen molar-refractivity contribution in [3.63, 3.8) is 0 Å². The van der Waals surface area contributed by atoms with Gasteiger partial charge in [-0.1, -0.05) is 0 Å². The van der Waals surface area contributed by atoms with Crippen LogP contribution < -0.4 is 0 Å². The van der Waals surface area contributed by atoms with E-state index in [1.165, 1.54) is 31.3 Å². The number of ether oxygens (including phenoxy) is 1. The molecule has 2 heterocycles. The molecule has 1 aliphatic carbocycles. The highest BCUT2D eigenvalue weighted by atomic mass is 16.5. The summed E-state index contributed by atoms with van der Waals surface area (Å²) in [4.78, 5) is 13.3. The van der Waals surface area contributed by atoms with Gasteiger partial charge in [0.2, 0.25) is 0 Å². The topological polar surface area (TPSA) is 47.4 Å². The molecule has 0 aromatic carbocycles. The molecule has 0 amide bonds. The quantitative estimate of drug-likeness (QED) is 0.725. The summed E-state index contributed by atoms with van der Waals surface area (Å²) in [7, 11) is 1.43. The number of esters is 1. The lowest BCUT2D eigenvalue weighted by Gasteiger charge is -2.26. The predicted octanol–water partition coefficient (Wildman–Crippen LogP) is 0.749. The molecule has 2 aliphatic rings. The van der Waals surface area contributed by atoms with Crippen molar-refractivity contribution in [2.45, 2.75) is 31.8 Å². The second-order valence-electron chi connectivity index (χ2n) is 4.84. The summed E-state index contributed by atoms with van der Waals surface area (Å²) < 4.78 is 6.78. The Morgan fingerprint density at radius 1 is 1.53 bits per heavy atom. The van der Waals surface area contributed by atoms with Crippen LogP contribution in [0.15, 0.2) is 6.07 Å². The SMILES string of the molecule is COC(=O)CN1CCn2nc(C3CC3)cc2C1. The van der Waals surface area contributed by atoms with E-state index in [9.17, 15) is 4.79 Å². The van der Waals surface area contributed by atoms with E-state index in [2.05, 4.69) is 20.7 Å². The molecule has 0 bridgehead atoms. The molecule has 0 saturated heterocycles. The van der Waals surface area contributed by atoms with Gasteiger partial charge in [-0.15, -0.1) is 0 Å². The summed E-state index contributed by atoms with van der Waals surface area (Å²) in [6, 6.07) is 2.20. The number of methoxy groups -OCH3 is 1. The first-order valence-corrected chi connectivity index (χ1v) is 6.12. The lowest BCUT2D eigenvalue weighted by atomic mass is 10.2. The number of hydrogen-bond donors (Lipinski definition) is 0. The zero-order valence-electron chi connectivity index (χ0n) is 10.1. The summed E-state index contributed by atoms with van der Waals surface area (Å²) in [5.74, 6) is 0.530. The van der Waals surface area contributed by atoms with E-state index in [0.717, 1.165) is 19.6 Å². The van der Waals surface area contributed by atoms with Crippen molar-refractivity contribution in [2.24, 2.45) is 0 Å².